The number of aromatic nitrogens is 3. The maximum atomic E-state index is 4.41. The van der Waals surface area contributed by atoms with E-state index in [-0.39, 0.29) is 0 Å². The van der Waals surface area contributed by atoms with E-state index in [1.807, 2.05) is 0 Å². The van der Waals surface area contributed by atoms with E-state index in [0.717, 1.165) is 57.3 Å². The van der Waals surface area contributed by atoms with Gasteiger partial charge in [0.15, 0.2) is 0 Å². The van der Waals surface area contributed by atoms with Crippen LogP contribution in [0.2, 0.25) is 0 Å². The average molecular weight is 342 g/mol. The Morgan fingerprint density at radius 1 is 1.00 bits per heavy atom. The summed E-state index contributed by atoms with van der Waals surface area (Å²) in [6.07, 6.45) is 0.983. The van der Waals surface area contributed by atoms with Gasteiger partial charge in [0.05, 0.1) is 0 Å². The van der Waals surface area contributed by atoms with Gasteiger partial charge in [0.2, 0.25) is 0 Å². The van der Waals surface area contributed by atoms with Crippen molar-refractivity contribution in [3.05, 3.63) is 41.5 Å². The molecule has 25 heavy (non-hydrogen) atoms. The van der Waals surface area contributed by atoms with E-state index < -0.39 is 0 Å². The first-order valence-corrected chi connectivity index (χ1v) is 9.60. The van der Waals surface area contributed by atoms with Crippen LogP contribution >= 0.6 is 0 Å². The topological polar surface area (TPSA) is 37.2 Å². The molecule has 0 fully saturated rings. The van der Waals surface area contributed by atoms with Crippen molar-refractivity contribution >= 4 is 5.69 Å². The Bertz CT molecular complexity index is 670. The van der Waals surface area contributed by atoms with Crippen molar-refractivity contribution in [1.29, 1.82) is 0 Å². The van der Waals surface area contributed by atoms with Gasteiger partial charge in [0.25, 0.3) is 0 Å². The standard InChI is InChI=1S/C20H31N5/c1-5-24(6-2)18-9-7-17(8-10-18)15-23-12-11-19-21-22-20(16(3)4)25(19)14-13-23/h7-10,16H,5-6,11-15H2,1-4H3. The lowest BCUT2D eigenvalue weighted by atomic mass is 10.1. The van der Waals surface area contributed by atoms with Crippen molar-refractivity contribution in [3.63, 3.8) is 0 Å². The van der Waals surface area contributed by atoms with Crippen LogP contribution in [0.15, 0.2) is 24.3 Å². The predicted octanol–water partition coefficient (Wildman–Crippen LogP) is 3.31. The Kier molecular flexibility index (Phi) is 5.74. The van der Waals surface area contributed by atoms with E-state index in [9.17, 15) is 0 Å². The first-order chi connectivity index (χ1) is 12.1. The molecule has 0 bridgehead atoms. The molecule has 5 heteroatoms. The van der Waals surface area contributed by atoms with Crippen LogP contribution < -0.4 is 4.90 Å². The van der Waals surface area contributed by atoms with E-state index in [2.05, 4.69) is 76.5 Å². The molecule has 0 spiro atoms. The van der Waals surface area contributed by atoms with E-state index in [4.69, 9.17) is 0 Å². The fourth-order valence-corrected chi connectivity index (χ4v) is 3.63. The molecule has 0 N–H and O–H groups in total. The largest absolute Gasteiger partial charge is 0.372 e. The zero-order valence-electron chi connectivity index (χ0n) is 16.1. The number of fused-ring (bicyclic) bond motifs is 1. The summed E-state index contributed by atoms with van der Waals surface area (Å²) in [6.45, 7) is 15.0. The summed E-state index contributed by atoms with van der Waals surface area (Å²) >= 11 is 0. The molecule has 136 valence electrons. The SMILES string of the molecule is CCN(CC)c1ccc(CN2CCc3nnc(C(C)C)n3CC2)cc1. The summed E-state index contributed by atoms with van der Waals surface area (Å²) in [6, 6.07) is 9.06. The zero-order chi connectivity index (χ0) is 17.8. The molecule has 2 aromatic rings. The summed E-state index contributed by atoms with van der Waals surface area (Å²) in [4.78, 5) is 4.92. The number of hydrogen-bond acceptors (Lipinski definition) is 4. The Balaban J connectivity index is 1.63. The third kappa shape index (κ3) is 4.03. The minimum absolute atomic E-state index is 0.431. The van der Waals surface area contributed by atoms with Crippen molar-refractivity contribution < 1.29 is 0 Å². The summed E-state index contributed by atoms with van der Waals surface area (Å²) in [7, 11) is 0. The minimum atomic E-state index is 0.431. The first-order valence-electron chi connectivity index (χ1n) is 9.60. The number of nitrogens with zero attached hydrogens (tertiary/aromatic N) is 5. The molecule has 1 aromatic heterocycles. The van der Waals surface area contributed by atoms with Crippen LogP contribution in [-0.4, -0.2) is 45.8 Å². The second-order valence-corrected chi connectivity index (χ2v) is 7.15. The van der Waals surface area contributed by atoms with Crippen LogP contribution in [0, 0.1) is 0 Å². The molecule has 0 saturated carbocycles. The monoisotopic (exact) mass is 341 g/mol. The Hall–Kier alpha value is -1.88. The van der Waals surface area contributed by atoms with Crippen molar-refractivity contribution in [2.75, 3.05) is 31.1 Å². The van der Waals surface area contributed by atoms with Crippen LogP contribution in [0.3, 0.4) is 0 Å². The van der Waals surface area contributed by atoms with E-state index in [1.165, 1.54) is 11.3 Å². The molecule has 0 saturated heterocycles. The molecule has 0 aliphatic carbocycles. The Labute approximate surface area is 151 Å². The smallest absolute Gasteiger partial charge is 0.135 e. The third-order valence-corrected chi connectivity index (χ3v) is 5.13. The van der Waals surface area contributed by atoms with Gasteiger partial charge >= 0.3 is 0 Å². The lowest BCUT2D eigenvalue weighted by Gasteiger charge is -2.23. The molecule has 1 aliphatic rings. The van der Waals surface area contributed by atoms with Crippen molar-refractivity contribution in [1.82, 2.24) is 19.7 Å². The second-order valence-electron chi connectivity index (χ2n) is 7.15. The normalized spacial score (nSPS) is 15.2. The molecular weight excluding hydrogens is 310 g/mol. The van der Waals surface area contributed by atoms with Crippen LogP contribution in [0.25, 0.3) is 0 Å². The van der Waals surface area contributed by atoms with Gasteiger partial charge in [-0.05, 0) is 31.5 Å². The van der Waals surface area contributed by atoms with Gasteiger partial charge in [-0.1, -0.05) is 26.0 Å². The molecule has 1 aliphatic heterocycles. The minimum Gasteiger partial charge on any atom is -0.372 e. The average Bonchev–Trinajstić information content (AvgIpc) is 2.93. The molecule has 5 nitrogen and oxygen atoms in total. The lowest BCUT2D eigenvalue weighted by Crippen LogP contribution is -2.27. The predicted molar refractivity (Wildman–Crippen MR) is 103 cm³/mol. The van der Waals surface area contributed by atoms with Gasteiger partial charge < -0.3 is 9.47 Å². The molecule has 0 unspecified atom stereocenters. The summed E-state index contributed by atoms with van der Waals surface area (Å²) in [5, 5.41) is 8.79. The first kappa shape index (κ1) is 17.9. The van der Waals surface area contributed by atoms with Gasteiger partial charge in [-0.25, -0.2) is 0 Å². The second kappa shape index (κ2) is 8.00. The highest BCUT2D eigenvalue weighted by Gasteiger charge is 2.20. The van der Waals surface area contributed by atoms with Crippen molar-refractivity contribution in [2.24, 2.45) is 0 Å². The van der Waals surface area contributed by atoms with E-state index in [1.54, 1.807) is 0 Å². The van der Waals surface area contributed by atoms with Crippen LogP contribution in [-0.2, 0) is 19.5 Å². The van der Waals surface area contributed by atoms with Gasteiger partial charge in [-0.3, -0.25) is 4.90 Å². The van der Waals surface area contributed by atoms with Gasteiger partial charge in [-0.15, -0.1) is 10.2 Å². The highest BCUT2D eigenvalue weighted by Crippen LogP contribution is 2.19. The zero-order valence-corrected chi connectivity index (χ0v) is 16.1. The molecule has 0 atom stereocenters. The van der Waals surface area contributed by atoms with E-state index in [0.29, 0.717) is 5.92 Å². The number of benzene rings is 1. The quantitative estimate of drug-likeness (QED) is 0.808. The van der Waals surface area contributed by atoms with Crippen LogP contribution in [0.4, 0.5) is 5.69 Å². The molecule has 1 aromatic carbocycles. The highest BCUT2D eigenvalue weighted by atomic mass is 15.3. The van der Waals surface area contributed by atoms with Crippen molar-refractivity contribution in [3.8, 4) is 0 Å². The van der Waals surface area contributed by atoms with E-state index >= 15 is 0 Å². The number of hydrogen-bond donors (Lipinski definition) is 0. The maximum absolute atomic E-state index is 4.41. The molecular formula is C20H31N5. The van der Waals surface area contributed by atoms with Crippen LogP contribution in [0.1, 0.15) is 50.8 Å². The van der Waals surface area contributed by atoms with Gasteiger partial charge in [0.1, 0.15) is 11.6 Å². The molecule has 0 radical (unpaired) electrons. The highest BCUT2D eigenvalue weighted by molar-refractivity contribution is 5.47. The Morgan fingerprint density at radius 2 is 1.72 bits per heavy atom. The molecule has 0 amide bonds. The van der Waals surface area contributed by atoms with Gasteiger partial charge in [-0.2, -0.15) is 0 Å². The summed E-state index contributed by atoms with van der Waals surface area (Å²) in [5.41, 5.74) is 2.70. The van der Waals surface area contributed by atoms with Crippen molar-refractivity contribution in [2.45, 2.75) is 53.1 Å². The van der Waals surface area contributed by atoms with Crippen LogP contribution in [0.5, 0.6) is 0 Å². The van der Waals surface area contributed by atoms with Gasteiger partial charge in [0, 0.05) is 57.3 Å². The Morgan fingerprint density at radius 3 is 2.36 bits per heavy atom. The third-order valence-electron chi connectivity index (χ3n) is 5.13. The number of anilines is 1. The lowest BCUT2D eigenvalue weighted by molar-refractivity contribution is 0.270. The maximum Gasteiger partial charge on any atom is 0.135 e. The summed E-state index contributed by atoms with van der Waals surface area (Å²) < 4.78 is 2.33. The number of rotatable bonds is 6. The molecule has 3 rings (SSSR count). The fourth-order valence-electron chi connectivity index (χ4n) is 3.63. The fraction of sp³-hybridized carbons (Fsp3) is 0.600. The molecule has 2 heterocycles. The summed E-state index contributed by atoms with van der Waals surface area (Å²) in [5.74, 6) is 2.70.